The molecule has 1 aromatic carbocycles. The van der Waals surface area contributed by atoms with Crippen molar-refractivity contribution in [2.75, 3.05) is 18.4 Å². The molecule has 0 aliphatic carbocycles. The van der Waals surface area contributed by atoms with E-state index in [1.54, 1.807) is 12.3 Å². The molecule has 4 nitrogen and oxygen atoms in total. The van der Waals surface area contributed by atoms with Gasteiger partial charge in [0.1, 0.15) is 11.6 Å². The van der Waals surface area contributed by atoms with Gasteiger partial charge in [-0.2, -0.15) is 0 Å². The minimum atomic E-state index is -0.284. The summed E-state index contributed by atoms with van der Waals surface area (Å²) < 4.78 is 13.5. The smallest absolute Gasteiger partial charge is 0.134 e. The second kappa shape index (κ2) is 6.18. The maximum absolute atomic E-state index is 13.5. The van der Waals surface area contributed by atoms with Gasteiger partial charge in [0.25, 0.3) is 0 Å². The van der Waals surface area contributed by atoms with Crippen LogP contribution in [0.25, 0.3) is 11.3 Å². The van der Waals surface area contributed by atoms with Gasteiger partial charge in [0.05, 0.1) is 17.6 Å². The van der Waals surface area contributed by atoms with Crippen molar-refractivity contribution in [1.82, 2.24) is 9.97 Å². The van der Waals surface area contributed by atoms with E-state index in [0.29, 0.717) is 18.8 Å². The number of hydrogen-bond acceptors (Lipinski definition) is 4. The van der Waals surface area contributed by atoms with Crippen molar-refractivity contribution >= 4 is 5.69 Å². The van der Waals surface area contributed by atoms with Crippen molar-refractivity contribution in [1.29, 1.82) is 0 Å². The molecular weight excluding hydrogens is 267 g/mol. The summed E-state index contributed by atoms with van der Waals surface area (Å²) in [6.07, 6.45) is 1.74. The fraction of sp³-hybridized carbons (Fsp3) is 0.375. The molecule has 2 aromatic rings. The van der Waals surface area contributed by atoms with Gasteiger partial charge in [-0.15, -0.1) is 0 Å². The number of anilines is 1. The predicted octanol–water partition coefficient (Wildman–Crippen LogP) is 2.95. The molecule has 112 valence electrons. The largest absolute Gasteiger partial charge is 0.381 e. The van der Waals surface area contributed by atoms with Gasteiger partial charge >= 0.3 is 0 Å². The van der Waals surface area contributed by atoms with Crippen LogP contribution in [0.1, 0.15) is 26.6 Å². The minimum absolute atomic E-state index is 0.172. The topological polar surface area (TPSA) is 63.8 Å². The highest BCUT2D eigenvalue weighted by Crippen LogP contribution is 2.28. The van der Waals surface area contributed by atoms with Crippen molar-refractivity contribution in [3.63, 3.8) is 0 Å². The lowest BCUT2D eigenvalue weighted by molar-refractivity contribution is 0.546. The average Bonchev–Trinajstić information content (AvgIpc) is 2.44. The fourth-order valence-electron chi connectivity index (χ4n) is 1.94. The molecule has 0 atom stereocenters. The van der Waals surface area contributed by atoms with E-state index in [1.807, 2.05) is 26.8 Å². The molecule has 0 aliphatic rings. The first kappa shape index (κ1) is 15.4. The van der Waals surface area contributed by atoms with E-state index in [2.05, 4.69) is 15.3 Å². The van der Waals surface area contributed by atoms with Crippen LogP contribution in [0.4, 0.5) is 10.1 Å². The second-order valence-corrected chi connectivity index (χ2v) is 5.93. The van der Waals surface area contributed by atoms with E-state index in [0.717, 1.165) is 17.1 Å². The SMILES string of the molecule is CC(C)(C)c1ncc(NCCN)c(-c2cccc(F)c2)n1. The summed E-state index contributed by atoms with van der Waals surface area (Å²) >= 11 is 0. The highest BCUT2D eigenvalue weighted by molar-refractivity contribution is 5.73. The molecule has 0 unspecified atom stereocenters. The number of hydrogen-bond donors (Lipinski definition) is 2. The van der Waals surface area contributed by atoms with Gasteiger partial charge in [0.15, 0.2) is 0 Å². The van der Waals surface area contributed by atoms with Crippen LogP contribution < -0.4 is 11.1 Å². The number of nitrogens with zero attached hydrogens (tertiary/aromatic N) is 2. The second-order valence-electron chi connectivity index (χ2n) is 5.93. The van der Waals surface area contributed by atoms with E-state index in [1.165, 1.54) is 12.1 Å². The van der Waals surface area contributed by atoms with Crippen molar-refractivity contribution in [2.24, 2.45) is 5.73 Å². The maximum Gasteiger partial charge on any atom is 0.134 e. The molecule has 0 aliphatic heterocycles. The Labute approximate surface area is 124 Å². The normalized spacial score (nSPS) is 11.5. The zero-order valence-corrected chi connectivity index (χ0v) is 12.7. The Morgan fingerprint density at radius 2 is 2.05 bits per heavy atom. The average molecular weight is 288 g/mol. The van der Waals surface area contributed by atoms with Crippen molar-refractivity contribution in [3.05, 3.63) is 42.1 Å². The number of nitrogens with two attached hydrogens (primary N) is 1. The third kappa shape index (κ3) is 3.76. The van der Waals surface area contributed by atoms with Crippen LogP contribution in [0.15, 0.2) is 30.5 Å². The minimum Gasteiger partial charge on any atom is -0.381 e. The number of rotatable bonds is 4. The van der Waals surface area contributed by atoms with Crippen LogP contribution in [0.5, 0.6) is 0 Å². The van der Waals surface area contributed by atoms with Crippen LogP contribution >= 0.6 is 0 Å². The Morgan fingerprint density at radius 1 is 1.29 bits per heavy atom. The van der Waals surface area contributed by atoms with Gasteiger partial charge in [0.2, 0.25) is 0 Å². The van der Waals surface area contributed by atoms with Gasteiger partial charge in [0, 0.05) is 24.1 Å². The molecule has 0 saturated heterocycles. The Bertz CT molecular complexity index is 620. The zero-order chi connectivity index (χ0) is 15.5. The molecule has 0 amide bonds. The molecule has 2 rings (SSSR count). The zero-order valence-electron chi connectivity index (χ0n) is 12.7. The van der Waals surface area contributed by atoms with Crippen molar-refractivity contribution in [3.8, 4) is 11.3 Å². The van der Waals surface area contributed by atoms with E-state index in [9.17, 15) is 4.39 Å². The van der Waals surface area contributed by atoms with Gasteiger partial charge in [-0.25, -0.2) is 14.4 Å². The van der Waals surface area contributed by atoms with E-state index < -0.39 is 0 Å². The number of benzene rings is 1. The Morgan fingerprint density at radius 3 is 2.67 bits per heavy atom. The van der Waals surface area contributed by atoms with E-state index >= 15 is 0 Å². The molecule has 21 heavy (non-hydrogen) atoms. The Hall–Kier alpha value is -2.01. The summed E-state index contributed by atoms with van der Waals surface area (Å²) in [4.78, 5) is 9.03. The molecule has 1 heterocycles. The van der Waals surface area contributed by atoms with Crippen LogP contribution in [0.2, 0.25) is 0 Å². The maximum atomic E-state index is 13.5. The lowest BCUT2D eigenvalue weighted by Crippen LogP contribution is -2.18. The summed E-state index contributed by atoms with van der Waals surface area (Å²) in [6, 6.07) is 6.41. The lowest BCUT2D eigenvalue weighted by Gasteiger charge is -2.19. The van der Waals surface area contributed by atoms with E-state index in [4.69, 9.17) is 5.73 Å². The number of aromatic nitrogens is 2. The molecule has 5 heteroatoms. The molecule has 0 saturated carbocycles. The molecule has 3 N–H and O–H groups in total. The first-order valence-corrected chi connectivity index (χ1v) is 6.99. The molecular formula is C16H21FN4. The van der Waals surface area contributed by atoms with Gasteiger partial charge in [-0.1, -0.05) is 32.9 Å². The highest BCUT2D eigenvalue weighted by atomic mass is 19.1. The Balaban J connectivity index is 2.52. The summed E-state index contributed by atoms with van der Waals surface area (Å²) in [6.45, 7) is 7.25. The van der Waals surface area contributed by atoms with Gasteiger partial charge in [-0.3, -0.25) is 0 Å². The number of nitrogens with one attached hydrogen (secondary N) is 1. The monoisotopic (exact) mass is 288 g/mol. The van der Waals surface area contributed by atoms with Crippen LogP contribution in [-0.2, 0) is 5.41 Å². The van der Waals surface area contributed by atoms with Crippen LogP contribution in [-0.4, -0.2) is 23.1 Å². The summed E-state index contributed by atoms with van der Waals surface area (Å²) in [7, 11) is 0. The quantitative estimate of drug-likeness (QED) is 0.908. The Kier molecular flexibility index (Phi) is 4.53. The predicted molar refractivity (Wildman–Crippen MR) is 83.7 cm³/mol. The summed E-state index contributed by atoms with van der Waals surface area (Å²) in [5.41, 5.74) is 7.54. The van der Waals surface area contributed by atoms with Crippen molar-refractivity contribution in [2.45, 2.75) is 26.2 Å². The van der Waals surface area contributed by atoms with Crippen LogP contribution in [0, 0.1) is 5.82 Å². The molecule has 0 fully saturated rings. The fourth-order valence-corrected chi connectivity index (χ4v) is 1.94. The first-order chi connectivity index (χ1) is 9.91. The highest BCUT2D eigenvalue weighted by Gasteiger charge is 2.19. The summed E-state index contributed by atoms with van der Waals surface area (Å²) in [5, 5.41) is 3.19. The third-order valence-corrected chi connectivity index (χ3v) is 3.02. The first-order valence-electron chi connectivity index (χ1n) is 6.99. The molecule has 0 radical (unpaired) electrons. The molecule has 1 aromatic heterocycles. The van der Waals surface area contributed by atoms with E-state index in [-0.39, 0.29) is 11.2 Å². The van der Waals surface area contributed by atoms with Crippen molar-refractivity contribution < 1.29 is 4.39 Å². The summed E-state index contributed by atoms with van der Waals surface area (Å²) in [5.74, 6) is 0.438. The third-order valence-electron chi connectivity index (χ3n) is 3.02. The van der Waals surface area contributed by atoms with Gasteiger partial charge < -0.3 is 11.1 Å². The van der Waals surface area contributed by atoms with Crippen LogP contribution in [0.3, 0.4) is 0 Å². The molecule has 0 bridgehead atoms. The van der Waals surface area contributed by atoms with Gasteiger partial charge in [-0.05, 0) is 12.1 Å². The standard InChI is InChI=1S/C16H21FN4/c1-16(2,3)15-20-10-13(19-8-7-18)14(21-15)11-5-4-6-12(17)9-11/h4-6,9-10,19H,7-8,18H2,1-3H3. The lowest BCUT2D eigenvalue weighted by atomic mass is 9.95. The number of halogens is 1. The molecule has 0 spiro atoms.